The molecule has 1 aromatic rings. The van der Waals surface area contributed by atoms with Crippen molar-refractivity contribution in [3.8, 4) is 0 Å². The molecule has 0 amide bonds. The average molecular weight is 362 g/mol. The van der Waals surface area contributed by atoms with Crippen LogP contribution in [0.25, 0.3) is 0 Å². The number of nitro benzene ring substituents is 1. The summed E-state index contributed by atoms with van der Waals surface area (Å²) < 4.78 is 6.20. The molecule has 5 nitrogen and oxygen atoms in total. The lowest BCUT2D eigenvalue weighted by molar-refractivity contribution is -0.385. The lowest BCUT2D eigenvalue weighted by Gasteiger charge is -2.30. The second kappa shape index (κ2) is 5.00. The van der Waals surface area contributed by atoms with E-state index in [1.807, 2.05) is 29.5 Å². The Balaban J connectivity index is 2.20. The first kappa shape index (κ1) is 13.5. The third-order valence-corrected chi connectivity index (χ3v) is 4.32. The molecule has 1 aromatic carbocycles. The minimum atomic E-state index is -0.366. The highest BCUT2D eigenvalue weighted by Crippen LogP contribution is 2.31. The minimum Gasteiger partial charge on any atom is -0.377 e. The molecule has 0 spiro atoms. The predicted octanol–water partition coefficient (Wildman–Crippen LogP) is 3.18. The molecule has 2 unspecified atom stereocenters. The summed E-state index contributed by atoms with van der Waals surface area (Å²) >= 11 is 1.98. The van der Waals surface area contributed by atoms with Crippen molar-refractivity contribution in [2.24, 2.45) is 0 Å². The van der Waals surface area contributed by atoms with Gasteiger partial charge in [0.15, 0.2) is 0 Å². The van der Waals surface area contributed by atoms with Crippen molar-refractivity contribution in [3.63, 3.8) is 0 Å². The van der Waals surface area contributed by atoms with Crippen molar-refractivity contribution in [2.75, 3.05) is 11.9 Å². The van der Waals surface area contributed by atoms with Gasteiger partial charge in [0.05, 0.1) is 20.1 Å². The number of ether oxygens (including phenoxy) is 1. The summed E-state index contributed by atoms with van der Waals surface area (Å²) in [6.45, 7) is 4.89. The van der Waals surface area contributed by atoms with Crippen molar-refractivity contribution >= 4 is 34.0 Å². The molecular weight excluding hydrogens is 347 g/mol. The van der Waals surface area contributed by atoms with Crippen LogP contribution in [-0.2, 0) is 4.74 Å². The number of rotatable bonds is 3. The van der Waals surface area contributed by atoms with E-state index < -0.39 is 0 Å². The SMILES string of the molecule is CC1OCCC1(C)Nc1ccc([N+](=O)[O-])c(I)c1. The third-order valence-electron chi connectivity index (χ3n) is 3.46. The third kappa shape index (κ3) is 2.59. The van der Waals surface area contributed by atoms with Crippen molar-refractivity contribution in [2.45, 2.75) is 31.9 Å². The van der Waals surface area contributed by atoms with E-state index in [0.717, 1.165) is 18.7 Å². The molecule has 0 aliphatic carbocycles. The largest absolute Gasteiger partial charge is 0.377 e. The molecule has 18 heavy (non-hydrogen) atoms. The molecule has 1 N–H and O–H groups in total. The fourth-order valence-electron chi connectivity index (χ4n) is 2.06. The fourth-order valence-corrected chi connectivity index (χ4v) is 2.77. The van der Waals surface area contributed by atoms with Gasteiger partial charge in [-0.1, -0.05) is 0 Å². The average Bonchev–Trinajstić information content (AvgIpc) is 2.58. The molecule has 6 heteroatoms. The number of halogens is 1. The maximum Gasteiger partial charge on any atom is 0.282 e. The molecule has 1 fully saturated rings. The van der Waals surface area contributed by atoms with E-state index in [4.69, 9.17) is 4.74 Å². The summed E-state index contributed by atoms with van der Waals surface area (Å²) in [6, 6.07) is 5.08. The molecule has 0 aromatic heterocycles. The summed E-state index contributed by atoms with van der Waals surface area (Å²) in [7, 11) is 0. The Kier molecular flexibility index (Phi) is 3.76. The maximum atomic E-state index is 10.8. The van der Waals surface area contributed by atoms with Crippen LogP contribution in [0, 0.1) is 13.7 Å². The van der Waals surface area contributed by atoms with Crippen LogP contribution in [0.5, 0.6) is 0 Å². The highest BCUT2D eigenvalue weighted by atomic mass is 127. The summed E-state index contributed by atoms with van der Waals surface area (Å²) in [5.41, 5.74) is 0.922. The van der Waals surface area contributed by atoms with Gasteiger partial charge in [-0.25, -0.2) is 0 Å². The van der Waals surface area contributed by atoms with Crippen LogP contribution in [0.15, 0.2) is 18.2 Å². The van der Waals surface area contributed by atoms with Crippen molar-refractivity contribution in [1.82, 2.24) is 0 Å². The Morgan fingerprint density at radius 2 is 2.33 bits per heavy atom. The smallest absolute Gasteiger partial charge is 0.282 e. The van der Waals surface area contributed by atoms with Gasteiger partial charge in [-0.05, 0) is 55.0 Å². The predicted molar refractivity (Wildman–Crippen MR) is 77.9 cm³/mol. The van der Waals surface area contributed by atoms with E-state index >= 15 is 0 Å². The van der Waals surface area contributed by atoms with Gasteiger partial charge in [-0.15, -0.1) is 0 Å². The Hall–Kier alpha value is -0.890. The van der Waals surface area contributed by atoms with Gasteiger partial charge in [-0.3, -0.25) is 10.1 Å². The van der Waals surface area contributed by atoms with E-state index in [1.54, 1.807) is 12.1 Å². The zero-order valence-electron chi connectivity index (χ0n) is 10.3. The molecular formula is C12H15IN2O3. The van der Waals surface area contributed by atoms with Crippen LogP contribution in [0.3, 0.4) is 0 Å². The van der Waals surface area contributed by atoms with Crippen LogP contribution < -0.4 is 5.32 Å². The van der Waals surface area contributed by atoms with E-state index in [0.29, 0.717) is 3.57 Å². The van der Waals surface area contributed by atoms with E-state index in [9.17, 15) is 10.1 Å². The number of anilines is 1. The second-order valence-corrected chi connectivity index (χ2v) is 5.89. The molecule has 1 aliphatic heterocycles. The first-order chi connectivity index (χ1) is 8.42. The molecule has 2 atom stereocenters. The number of nitro groups is 1. The minimum absolute atomic E-state index is 0.112. The van der Waals surface area contributed by atoms with Gasteiger partial charge >= 0.3 is 0 Å². The summed E-state index contributed by atoms with van der Waals surface area (Å²) in [4.78, 5) is 10.4. The Bertz CT molecular complexity index is 480. The molecule has 1 aliphatic rings. The number of nitrogens with one attached hydrogen (secondary N) is 1. The van der Waals surface area contributed by atoms with Crippen LogP contribution in [0.2, 0.25) is 0 Å². The molecule has 1 heterocycles. The van der Waals surface area contributed by atoms with Gasteiger partial charge in [-0.2, -0.15) is 0 Å². The standard InChI is InChI=1S/C12H15IN2O3/c1-8-12(2,5-6-18-8)14-9-3-4-11(15(16)17)10(13)7-9/h3-4,7-8,14H,5-6H2,1-2H3. The molecule has 1 saturated heterocycles. The second-order valence-electron chi connectivity index (χ2n) is 4.73. The Morgan fingerprint density at radius 1 is 1.61 bits per heavy atom. The normalized spacial score (nSPS) is 27.2. The summed E-state index contributed by atoms with van der Waals surface area (Å²) in [6.07, 6.45) is 1.06. The van der Waals surface area contributed by atoms with E-state index in [-0.39, 0.29) is 22.3 Å². The number of hydrogen-bond acceptors (Lipinski definition) is 4. The Labute approximate surface area is 119 Å². The lowest BCUT2D eigenvalue weighted by atomic mass is 9.94. The zero-order valence-corrected chi connectivity index (χ0v) is 12.4. The number of benzene rings is 1. The summed E-state index contributed by atoms with van der Waals surface area (Å²) in [5.74, 6) is 0. The highest BCUT2D eigenvalue weighted by Gasteiger charge is 2.36. The zero-order chi connectivity index (χ0) is 13.3. The van der Waals surface area contributed by atoms with E-state index in [1.165, 1.54) is 6.07 Å². The first-order valence-corrected chi connectivity index (χ1v) is 6.84. The van der Waals surface area contributed by atoms with Gasteiger partial charge in [0.25, 0.3) is 5.69 Å². The van der Waals surface area contributed by atoms with Crippen LogP contribution in [-0.4, -0.2) is 23.2 Å². The number of nitrogens with zero attached hydrogens (tertiary/aromatic N) is 1. The van der Waals surface area contributed by atoms with Gasteiger partial charge in [0, 0.05) is 18.4 Å². The topological polar surface area (TPSA) is 64.4 Å². The highest BCUT2D eigenvalue weighted by molar-refractivity contribution is 14.1. The fraction of sp³-hybridized carbons (Fsp3) is 0.500. The van der Waals surface area contributed by atoms with Crippen molar-refractivity contribution in [1.29, 1.82) is 0 Å². The quantitative estimate of drug-likeness (QED) is 0.510. The van der Waals surface area contributed by atoms with Crippen molar-refractivity contribution < 1.29 is 9.66 Å². The Morgan fingerprint density at radius 3 is 2.83 bits per heavy atom. The van der Waals surface area contributed by atoms with Crippen molar-refractivity contribution in [3.05, 3.63) is 31.9 Å². The molecule has 0 bridgehead atoms. The molecule has 2 rings (SSSR count). The van der Waals surface area contributed by atoms with E-state index in [2.05, 4.69) is 12.2 Å². The summed E-state index contributed by atoms with van der Waals surface area (Å²) in [5, 5.41) is 14.2. The monoisotopic (exact) mass is 362 g/mol. The van der Waals surface area contributed by atoms with Gasteiger partial charge in [0.2, 0.25) is 0 Å². The van der Waals surface area contributed by atoms with Crippen LogP contribution in [0.1, 0.15) is 20.3 Å². The maximum absolute atomic E-state index is 10.8. The van der Waals surface area contributed by atoms with Gasteiger partial charge in [0.1, 0.15) is 0 Å². The van der Waals surface area contributed by atoms with Crippen LogP contribution in [0.4, 0.5) is 11.4 Å². The molecule has 0 radical (unpaired) electrons. The molecule has 0 saturated carbocycles. The first-order valence-electron chi connectivity index (χ1n) is 5.76. The number of hydrogen-bond donors (Lipinski definition) is 1. The van der Waals surface area contributed by atoms with Gasteiger partial charge < -0.3 is 10.1 Å². The van der Waals surface area contributed by atoms with Crippen LogP contribution >= 0.6 is 22.6 Å². The molecule has 98 valence electrons. The lowest BCUT2D eigenvalue weighted by Crippen LogP contribution is -2.41.